The summed E-state index contributed by atoms with van der Waals surface area (Å²) in [6.07, 6.45) is 1.44. The molecule has 5 rings (SSSR count). The van der Waals surface area contributed by atoms with E-state index in [1.165, 1.54) is 30.6 Å². The van der Waals surface area contributed by atoms with Crippen LogP contribution in [0.4, 0.5) is 5.69 Å². The second kappa shape index (κ2) is 13.5. The third-order valence-corrected chi connectivity index (χ3v) is 10.3. The number of fused-ring (bicyclic) bond motifs is 2. The highest BCUT2D eigenvalue weighted by atomic mass is 32.2. The number of benzene rings is 3. The van der Waals surface area contributed by atoms with Crippen molar-refractivity contribution in [2.24, 2.45) is 13.0 Å². The number of hydrogen-bond acceptors (Lipinski definition) is 7. The van der Waals surface area contributed by atoms with Crippen LogP contribution in [-0.4, -0.2) is 85.1 Å². The van der Waals surface area contributed by atoms with Crippen LogP contribution in [0.25, 0.3) is 10.9 Å². The number of aliphatic hydroxyl groups excluding tert-OH is 1. The molecule has 0 unspecified atom stereocenters. The monoisotopic (exact) mass is 648 g/mol. The zero-order valence-corrected chi connectivity index (χ0v) is 27.5. The van der Waals surface area contributed by atoms with Gasteiger partial charge in [0.05, 0.1) is 43.2 Å². The Morgan fingerprint density at radius 2 is 1.87 bits per heavy atom. The Labute approximate surface area is 269 Å². The fraction of sp³-hybridized carbons (Fsp3) is 0.353. The number of amides is 2. The summed E-state index contributed by atoms with van der Waals surface area (Å²) in [5, 5.41) is 13.9. The number of hydrogen-bond donors (Lipinski definition) is 2. The SMILES string of the molecule is COc1ccc(S(=O)(=O)N(C)C[C@H]2Oc3ccc(NC(=O)Cc4cn(C)c5ccccc45)cc3C(=O)N([C@@H](C)CO)C[C@@H]2C)cc1. The highest BCUT2D eigenvalue weighted by Crippen LogP contribution is 2.32. The maximum Gasteiger partial charge on any atom is 0.258 e. The first kappa shape index (κ1) is 33.0. The van der Waals surface area contributed by atoms with Crippen LogP contribution in [0.2, 0.25) is 0 Å². The molecule has 0 saturated carbocycles. The number of rotatable bonds is 10. The van der Waals surface area contributed by atoms with E-state index in [0.29, 0.717) is 11.4 Å². The highest BCUT2D eigenvalue weighted by Gasteiger charge is 2.35. The Bertz CT molecular complexity index is 1840. The number of carbonyl (C=O) groups excluding carboxylic acids is 2. The van der Waals surface area contributed by atoms with Gasteiger partial charge in [-0.15, -0.1) is 0 Å². The largest absolute Gasteiger partial charge is 0.497 e. The smallest absolute Gasteiger partial charge is 0.258 e. The lowest BCUT2D eigenvalue weighted by molar-refractivity contribution is -0.115. The second-order valence-corrected chi connectivity index (χ2v) is 13.8. The molecule has 0 fully saturated rings. The Kier molecular flexibility index (Phi) is 9.71. The second-order valence-electron chi connectivity index (χ2n) is 11.8. The van der Waals surface area contributed by atoms with E-state index in [2.05, 4.69) is 5.32 Å². The normalized spacial score (nSPS) is 17.6. The lowest BCUT2D eigenvalue weighted by Gasteiger charge is -2.38. The minimum atomic E-state index is -3.86. The minimum absolute atomic E-state index is 0.00796. The van der Waals surface area contributed by atoms with E-state index in [4.69, 9.17) is 9.47 Å². The van der Waals surface area contributed by atoms with E-state index in [9.17, 15) is 23.1 Å². The molecular weight excluding hydrogens is 608 g/mol. The Hall–Kier alpha value is -4.39. The summed E-state index contributed by atoms with van der Waals surface area (Å²) in [6, 6.07) is 18.4. The number of sulfonamides is 1. The summed E-state index contributed by atoms with van der Waals surface area (Å²) in [4.78, 5) is 28.7. The number of aryl methyl sites for hydroxylation is 1. The van der Waals surface area contributed by atoms with Gasteiger partial charge in [0.15, 0.2) is 0 Å². The molecule has 2 N–H and O–H groups in total. The van der Waals surface area contributed by atoms with E-state index < -0.39 is 22.2 Å². The molecular formula is C34H40N4O7S. The van der Waals surface area contributed by atoms with Crippen molar-refractivity contribution in [2.75, 3.05) is 39.2 Å². The molecule has 0 bridgehead atoms. The summed E-state index contributed by atoms with van der Waals surface area (Å²) in [5.74, 6) is -0.0834. The lowest BCUT2D eigenvalue weighted by Crippen LogP contribution is -2.50. The maximum atomic E-state index is 13.8. The standard InChI is InChI=1S/C34H40N4O7S/c1-22-18-38(23(2)21-39)34(41)29-17-25(35-33(40)16-24-19-36(3)30-9-7-6-8-28(24)30)10-15-31(29)45-32(22)20-37(4)46(42,43)27-13-11-26(44-5)12-14-27/h6-15,17,19,22-23,32,39H,16,18,20-21H2,1-5H3,(H,35,40)/t22-,23-,32+/m0/s1. The topological polar surface area (TPSA) is 130 Å². The first-order chi connectivity index (χ1) is 21.9. The van der Waals surface area contributed by atoms with Gasteiger partial charge in [0, 0.05) is 49.3 Å². The average Bonchev–Trinajstić information content (AvgIpc) is 3.36. The van der Waals surface area contributed by atoms with Gasteiger partial charge >= 0.3 is 0 Å². The zero-order chi connectivity index (χ0) is 33.2. The molecule has 3 aromatic carbocycles. The van der Waals surface area contributed by atoms with Crippen LogP contribution in [0, 0.1) is 5.92 Å². The number of carbonyl (C=O) groups is 2. The number of nitrogens with one attached hydrogen (secondary N) is 1. The third-order valence-electron chi connectivity index (χ3n) is 8.48. The Morgan fingerprint density at radius 3 is 2.57 bits per heavy atom. The Balaban J connectivity index is 1.40. The molecule has 11 nitrogen and oxygen atoms in total. The van der Waals surface area contributed by atoms with Gasteiger partial charge in [-0.05, 0) is 61.0 Å². The molecule has 1 aliphatic heterocycles. The molecule has 2 amide bonds. The van der Waals surface area contributed by atoms with Crippen LogP contribution >= 0.6 is 0 Å². The molecule has 12 heteroatoms. The first-order valence-corrected chi connectivity index (χ1v) is 16.5. The average molecular weight is 649 g/mol. The van der Waals surface area contributed by atoms with Crippen LogP contribution in [0.5, 0.6) is 11.5 Å². The molecule has 0 radical (unpaired) electrons. The van der Waals surface area contributed by atoms with Crippen LogP contribution in [0.15, 0.2) is 77.8 Å². The van der Waals surface area contributed by atoms with Gasteiger partial charge < -0.3 is 29.4 Å². The highest BCUT2D eigenvalue weighted by molar-refractivity contribution is 7.89. The molecule has 0 spiro atoms. The molecule has 3 atom stereocenters. The first-order valence-electron chi connectivity index (χ1n) is 15.1. The summed E-state index contributed by atoms with van der Waals surface area (Å²) < 4.78 is 41.6. The molecule has 4 aromatic rings. The van der Waals surface area contributed by atoms with Crippen molar-refractivity contribution in [1.82, 2.24) is 13.8 Å². The number of anilines is 1. The third kappa shape index (κ3) is 6.74. The predicted molar refractivity (Wildman–Crippen MR) is 176 cm³/mol. The van der Waals surface area contributed by atoms with E-state index >= 15 is 0 Å². The van der Waals surface area contributed by atoms with Crippen molar-refractivity contribution in [3.8, 4) is 11.5 Å². The minimum Gasteiger partial charge on any atom is -0.497 e. The van der Waals surface area contributed by atoms with Gasteiger partial charge in [-0.3, -0.25) is 9.59 Å². The van der Waals surface area contributed by atoms with Crippen LogP contribution in [-0.2, 0) is 28.3 Å². The summed E-state index contributed by atoms with van der Waals surface area (Å²) >= 11 is 0. The van der Waals surface area contributed by atoms with E-state index in [0.717, 1.165) is 16.5 Å². The summed E-state index contributed by atoms with van der Waals surface area (Å²) in [7, 11) is 1.07. The molecule has 244 valence electrons. The molecule has 1 aromatic heterocycles. The van der Waals surface area contributed by atoms with Crippen LogP contribution in [0.3, 0.4) is 0 Å². The fourth-order valence-electron chi connectivity index (χ4n) is 5.74. The van der Waals surface area contributed by atoms with E-state index in [1.54, 1.807) is 42.2 Å². The van der Waals surface area contributed by atoms with Crippen molar-refractivity contribution in [3.05, 3.63) is 84.1 Å². The fourth-order valence-corrected chi connectivity index (χ4v) is 6.93. The number of ether oxygens (including phenoxy) is 2. The van der Waals surface area contributed by atoms with Crippen molar-refractivity contribution >= 4 is 38.4 Å². The summed E-state index contributed by atoms with van der Waals surface area (Å²) in [6.45, 7) is 3.60. The van der Waals surface area contributed by atoms with Crippen LogP contribution in [0.1, 0.15) is 29.8 Å². The molecule has 46 heavy (non-hydrogen) atoms. The lowest BCUT2D eigenvalue weighted by atomic mass is 9.99. The number of nitrogens with zero attached hydrogens (tertiary/aromatic N) is 3. The van der Waals surface area contributed by atoms with Gasteiger partial charge in [0.1, 0.15) is 17.6 Å². The Morgan fingerprint density at radius 1 is 1.15 bits per heavy atom. The molecule has 0 aliphatic carbocycles. The van der Waals surface area contributed by atoms with Gasteiger partial charge in [-0.1, -0.05) is 25.1 Å². The quantitative estimate of drug-likeness (QED) is 0.267. The van der Waals surface area contributed by atoms with Crippen molar-refractivity contribution in [3.63, 3.8) is 0 Å². The van der Waals surface area contributed by atoms with Gasteiger partial charge in [-0.25, -0.2) is 8.42 Å². The molecule has 2 heterocycles. The summed E-state index contributed by atoms with van der Waals surface area (Å²) in [5.41, 5.74) is 2.54. The van der Waals surface area contributed by atoms with Crippen LogP contribution < -0.4 is 14.8 Å². The number of methoxy groups -OCH3 is 1. The van der Waals surface area contributed by atoms with Crippen molar-refractivity contribution in [1.29, 1.82) is 0 Å². The van der Waals surface area contributed by atoms with Gasteiger partial charge in [0.2, 0.25) is 15.9 Å². The van der Waals surface area contributed by atoms with Gasteiger partial charge in [-0.2, -0.15) is 4.31 Å². The van der Waals surface area contributed by atoms with Crippen molar-refractivity contribution < 1.29 is 32.6 Å². The van der Waals surface area contributed by atoms with E-state index in [1.807, 2.05) is 49.0 Å². The number of aliphatic hydroxyl groups is 1. The zero-order valence-electron chi connectivity index (χ0n) is 26.6. The number of likely N-dealkylation sites (N-methyl/N-ethyl adjacent to an activating group) is 1. The van der Waals surface area contributed by atoms with E-state index in [-0.39, 0.29) is 60.1 Å². The van der Waals surface area contributed by atoms with Gasteiger partial charge in [0.25, 0.3) is 5.91 Å². The maximum absolute atomic E-state index is 13.8. The molecule has 0 saturated heterocycles. The predicted octanol–water partition coefficient (Wildman–Crippen LogP) is 3.91. The number of para-hydroxylation sites is 1. The van der Waals surface area contributed by atoms with Crippen molar-refractivity contribution in [2.45, 2.75) is 37.3 Å². The number of aromatic nitrogens is 1. The molecule has 1 aliphatic rings.